The number of rotatable bonds is 4. The highest BCUT2D eigenvalue weighted by Gasteiger charge is 2.04. The van der Waals surface area contributed by atoms with Gasteiger partial charge in [0.25, 0.3) is 0 Å². The second-order valence-corrected chi connectivity index (χ2v) is 4.95. The summed E-state index contributed by atoms with van der Waals surface area (Å²) < 4.78 is 5.30. The van der Waals surface area contributed by atoms with Crippen LogP contribution in [0.4, 0.5) is 0 Å². The molecular weight excluding hydrogens is 244 g/mol. The van der Waals surface area contributed by atoms with Gasteiger partial charge in [-0.2, -0.15) is 0 Å². The van der Waals surface area contributed by atoms with Gasteiger partial charge in [-0.1, -0.05) is 36.0 Å². The molecule has 2 aromatic rings. The summed E-state index contributed by atoms with van der Waals surface area (Å²) in [4.78, 5) is 13.3. The van der Waals surface area contributed by atoms with Crippen molar-refractivity contribution in [3.8, 4) is 5.75 Å². The Hall–Kier alpha value is -1.74. The van der Waals surface area contributed by atoms with Gasteiger partial charge in [-0.25, -0.2) is 0 Å². The lowest BCUT2D eigenvalue weighted by Crippen LogP contribution is -1.90. The highest BCUT2D eigenvalue weighted by atomic mass is 32.2. The second-order valence-electron chi connectivity index (χ2n) is 3.83. The predicted molar refractivity (Wildman–Crippen MR) is 73.6 cm³/mol. The van der Waals surface area contributed by atoms with Crippen molar-refractivity contribution < 1.29 is 9.53 Å². The van der Waals surface area contributed by atoms with Gasteiger partial charge >= 0.3 is 0 Å². The van der Waals surface area contributed by atoms with Crippen LogP contribution >= 0.6 is 11.8 Å². The van der Waals surface area contributed by atoms with Crippen molar-refractivity contribution in [2.24, 2.45) is 0 Å². The largest absolute Gasteiger partial charge is 0.496 e. The normalized spacial score (nSPS) is 10.1. The van der Waals surface area contributed by atoms with Gasteiger partial charge in [0, 0.05) is 10.5 Å². The lowest BCUT2D eigenvalue weighted by atomic mass is 10.2. The first kappa shape index (κ1) is 12.7. The Bertz CT molecular complexity index is 547. The smallest absolute Gasteiger partial charge is 0.159 e. The van der Waals surface area contributed by atoms with Crippen molar-refractivity contribution in [2.75, 3.05) is 7.11 Å². The summed E-state index contributed by atoms with van der Waals surface area (Å²) in [5.74, 6) is 0.946. The molecule has 0 saturated carbocycles. The Labute approximate surface area is 111 Å². The number of benzene rings is 2. The van der Waals surface area contributed by atoms with Crippen molar-refractivity contribution in [2.45, 2.75) is 16.7 Å². The zero-order valence-electron chi connectivity index (χ0n) is 10.3. The summed E-state index contributed by atoms with van der Waals surface area (Å²) in [5.41, 5.74) is 0.736. The maximum Gasteiger partial charge on any atom is 0.159 e. The number of carbonyl (C=O) groups is 1. The van der Waals surface area contributed by atoms with Crippen LogP contribution in [0.1, 0.15) is 17.3 Å². The Kier molecular flexibility index (Phi) is 4.05. The maximum absolute atomic E-state index is 11.2. The molecule has 0 N–H and O–H groups in total. The minimum Gasteiger partial charge on any atom is -0.496 e. The number of ether oxygens (including phenoxy) is 1. The molecule has 0 saturated heterocycles. The molecule has 0 amide bonds. The van der Waals surface area contributed by atoms with E-state index >= 15 is 0 Å². The van der Waals surface area contributed by atoms with Crippen molar-refractivity contribution in [1.29, 1.82) is 0 Å². The van der Waals surface area contributed by atoms with Crippen LogP contribution in [0.2, 0.25) is 0 Å². The van der Waals surface area contributed by atoms with Crippen LogP contribution in [0.25, 0.3) is 0 Å². The third-order valence-electron chi connectivity index (χ3n) is 2.56. The maximum atomic E-state index is 11.2. The molecule has 0 heterocycles. The molecule has 2 aromatic carbocycles. The summed E-state index contributed by atoms with van der Waals surface area (Å²) in [5, 5.41) is 0. The van der Waals surface area contributed by atoms with Crippen LogP contribution in [0.3, 0.4) is 0 Å². The molecule has 2 rings (SSSR count). The summed E-state index contributed by atoms with van der Waals surface area (Å²) in [6.07, 6.45) is 0. The number of methoxy groups -OCH3 is 1. The zero-order valence-corrected chi connectivity index (χ0v) is 11.2. The van der Waals surface area contributed by atoms with Gasteiger partial charge in [-0.3, -0.25) is 4.79 Å². The first-order chi connectivity index (χ1) is 8.70. The molecule has 0 fully saturated rings. The summed E-state index contributed by atoms with van der Waals surface area (Å²) >= 11 is 1.62. The fourth-order valence-electron chi connectivity index (χ4n) is 1.59. The van der Waals surface area contributed by atoms with Gasteiger partial charge in [0.1, 0.15) is 5.75 Å². The van der Waals surface area contributed by atoms with Gasteiger partial charge < -0.3 is 4.74 Å². The molecule has 0 aliphatic carbocycles. The minimum atomic E-state index is 0.0869. The topological polar surface area (TPSA) is 26.3 Å². The monoisotopic (exact) mass is 258 g/mol. The van der Waals surface area contributed by atoms with Gasteiger partial charge in [0.2, 0.25) is 0 Å². The first-order valence-electron chi connectivity index (χ1n) is 5.62. The van der Waals surface area contributed by atoms with E-state index in [1.165, 1.54) is 0 Å². The Morgan fingerprint density at radius 1 is 1.06 bits per heavy atom. The standard InChI is InChI=1S/C15H14O2S/c1-11(16)12-7-9-13(10-8-12)18-15-6-4-3-5-14(15)17-2/h3-10H,1-2H3. The Balaban J connectivity index is 2.21. The van der Waals surface area contributed by atoms with E-state index in [0.717, 1.165) is 21.1 Å². The van der Waals surface area contributed by atoms with E-state index in [9.17, 15) is 4.79 Å². The number of hydrogen-bond donors (Lipinski definition) is 0. The summed E-state index contributed by atoms with van der Waals surface area (Å²) in [6.45, 7) is 1.57. The van der Waals surface area contributed by atoms with Crippen LogP contribution in [-0.2, 0) is 0 Å². The predicted octanol–water partition coefficient (Wildman–Crippen LogP) is 4.05. The molecule has 0 atom stereocenters. The molecule has 92 valence electrons. The molecule has 0 unspecified atom stereocenters. The van der Waals surface area contributed by atoms with E-state index < -0.39 is 0 Å². The second kappa shape index (κ2) is 5.74. The van der Waals surface area contributed by atoms with E-state index in [-0.39, 0.29) is 5.78 Å². The lowest BCUT2D eigenvalue weighted by molar-refractivity contribution is 0.101. The molecule has 18 heavy (non-hydrogen) atoms. The van der Waals surface area contributed by atoms with E-state index in [1.54, 1.807) is 25.8 Å². The van der Waals surface area contributed by atoms with Crippen LogP contribution in [0.15, 0.2) is 58.3 Å². The van der Waals surface area contributed by atoms with Gasteiger partial charge in [0.05, 0.1) is 12.0 Å². The van der Waals surface area contributed by atoms with E-state index in [0.29, 0.717) is 0 Å². The van der Waals surface area contributed by atoms with E-state index in [4.69, 9.17) is 4.74 Å². The van der Waals surface area contributed by atoms with Gasteiger partial charge in [-0.15, -0.1) is 0 Å². The van der Waals surface area contributed by atoms with Crippen LogP contribution < -0.4 is 4.74 Å². The first-order valence-corrected chi connectivity index (χ1v) is 6.44. The SMILES string of the molecule is COc1ccccc1Sc1ccc(C(C)=O)cc1. The molecule has 0 aliphatic heterocycles. The number of Topliss-reactive ketones (excluding diaryl/α,β-unsaturated/α-hetero) is 1. The third kappa shape index (κ3) is 2.93. The summed E-state index contributed by atoms with van der Waals surface area (Å²) in [6, 6.07) is 15.5. The van der Waals surface area contributed by atoms with Crippen LogP contribution in [-0.4, -0.2) is 12.9 Å². The molecule has 0 bridgehead atoms. The Morgan fingerprint density at radius 2 is 1.72 bits per heavy atom. The quantitative estimate of drug-likeness (QED) is 0.774. The molecule has 3 heteroatoms. The average molecular weight is 258 g/mol. The molecular formula is C15H14O2S. The molecule has 2 nitrogen and oxygen atoms in total. The van der Waals surface area contributed by atoms with E-state index in [2.05, 4.69) is 0 Å². The lowest BCUT2D eigenvalue weighted by Gasteiger charge is -2.07. The van der Waals surface area contributed by atoms with Crippen molar-refractivity contribution in [1.82, 2.24) is 0 Å². The number of para-hydroxylation sites is 1. The van der Waals surface area contributed by atoms with Gasteiger partial charge in [-0.05, 0) is 31.2 Å². The highest BCUT2D eigenvalue weighted by molar-refractivity contribution is 7.99. The van der Waals surface area contributed by atoms with Crippen LogP contribution in [0, 0.1) is 0 Å². The highest BCUT2D eigenvalue weighted by Crippen LogP contribution is 2.34. The summed E-state index contributed by atoms with van der Waals surface area (Å²) in [7, 11) is 1.66. The third-order valence-corrected chi connectivity index (χ3v) is 3.62. The number of hydrogen-bond acceptors (Lipinski definition) is 3. The number of ketones is 1. The Morgan fingerprint density at radius 3 is 2.33 bits per heavy atom. The number of carbonyl (C=O) groups excluding carboxylic acids is 1. The molecule has 0 radical (unpaired) electrons. The zero-order chi connectivity index (χ0) is 13.0. The van der Waals surface area contributed by atoms with E-state index in [1.807, 2.05) is 48.5 Å². The molecule has 0 spiro atoms. The average Bonchev–Trinajstić information content (AvgIpc) is 2.40. The fourth-order valence-corrected chi connectivity index (χ4v) is 2.51. The molecule has 0 aromatic heterocycles. The minimum absolute atomic E-state index is 0.0869. The fraction of sp³-hybridized carbons (Fsp3) is 0.133. The van der Waals surface area contributed by atoms with Crippen molar-refractivity contribution >= 4 is 17.5 Å². The molecule has 0 aliphatic rings. The van der Waals surface area contributed by atoms with Crippen LogP contribution in [0.5, 0.6) is 5.75 Å². The van der Waals surface area contributed by atoms with Crippen molar-refractivity contribution in [3.63, 3.8) is 0 Å². The van der Waals surface area contributed by atoms with Crippen molar-refractivity contribution in [3.05, 3.63) is 54.1 Å². The van der Waals surface area contributed by atoms with Gasteiger partial charge in [0.15, 0.2) is 5.78 Å².